The van der Waals surface area contributed by atoms with Gasteiger partial charge in [0.05, 0.1) is 19.8 Å². The summed E-state index contributed by atoms with van der Waals surface area (Å²) >= 11 is 0. The fourth-order valence-corrected chi connectivity index (χ4v) is 2.82. The highest BCUT2D eigenvalue weighted by Crippen LogP contribution is 2.53. The van der Waals surface area contributed by atoms with Crippen molar-refractivity contribution in [3.05, 3.63) is 0 Å². The van der Waals surface area contributed by atoms with Gasteiger partial charge in [-0.05, 0) is 20.8 Å². The lowest BCUT2D eigenvalue weighted by Crippen LogP contribution is -2.30. The fraction of sp³-hybridized carbons (Fsp3) is 0.800. The van der Waals surface area contributed by atoms with Gasteiger partial charge in [0, 0.05) is 6.92 Å². The molecule has 0 aliphatic rings. The third-order valence-corrected chi connectivity index (χ3v) is 3.80. The summed E-state index contributed by atoms with van der Waals surface area (Å²) in [7, 11) is -3.89. The molecule has 0 aromatic rings. The van der Waals surface area contributed by atoms with Crippen LogP contribution in [0.1, 0.15) is 27.7 Å². The predicted octanol–water partition coefficient (Wildman–Crippen LogP) is 1.70. The maximum Gasteiger partial charge on any atom is 0.382 e. The summed E-state index contributed by atoms with van der Waals surface area (Å²) in [6, 6.07) is 0. The van der Waals surface area contributed by atoms with Crippen LogP contribution >= 0.6 is 7.60 Å². The largest absolute Gasteiger partial charge is 0.463 e. The first-order chi connectivity index (χ1) is 8.41. The Morgan fingerprint density at radius 2 is 1.56 bits per heavy atom. The van der Waals surface area contributed by atoms with E-state index < -0.39 is 25.4 Å². The molecule has 0 unspecified atom stereocenters. The van der Waals surface area contributed by atoms with Gasteiger partial charge in [-0.15, -0.1) is 0 Å². The molecule has 0 aliphatic heterocycles. The number of ether oxygens (including phenoxy) is 2. The van der Waals surface area contributed by atoms with Crippen molar-refractivity contribution >= 4 is 19.5 Å². The first kappa shape index (κ1) is 17.1. The van der Waals surface area contributed by atoms with E-state index in [0.29, 0.717) is 0 Å². The molecule has 1 atom stereocenters. The summed E-state index contributed by atoms with van der Waals surface area (Å²) in [6.07, 6.45) is 0. The molecule has 0 aliphatic carbocycles. The van der Waals surface area contributed by atoms with E-state index in [-0.39, 0.29) is 19.8 Å². The van der Waals surface area contributed by atoms with Gasteiger partial charge < -0.3 is 18.5 Å². The van der Waals surface area contributed by atoms with Crippen LogP contribution in [-0.4, -0.2) is 37.6 Å². The van der Waals surface area contributed by atoms with Gasteiger partial charge in [-0.25, -0.2) is 4.79 Å². The van der Waals surface area contributed by atoms with Crippen LogP contribution in [0.2, 0.25) is 0 Å². The van der Waals surface area contributed by atoms with Gasteiger partial charge in [0.1, 0.15) is 0 Å². The van der Waals surface area contributed by atoms with Crippen LogP contribution in [0.5, 0.6) is 0 Å². The van der Waals surface area contributed by atoms with E-state index >= 15 is 0 Å². The van der Waals surface area contributed by atoms with E-state index in [1.807, 2.05) is 0 Å². The summed E-state index contributed by atoms with van der Waals surface area (Å²) in [5.41, 5.74) is 0. The Morgan fingerprint density at radius 3 is 1.89 bits per heavy atom. The summed E-state index contributed by atoms with van der Waals surface area (Å²) in [4.78, 5) is 22.6. The van der Waals surface area contributed by atoms with E-state index in [9.17, 15) is 14.2 Å². The summed E-state index contributed by atoms with van der Waals surface area (Å²) in [6.45, 7) is 6.00. The maximum atomic E-state index is 12.3. The van der Waals surface area contributed by atoms with E-state index in [4.69, 9.17) is 18.5 Å². The second-order valence-corrected chi connectivity index (χ2v) is 5.15. The molecule has 0 rings (SSSR count). The topological polar surface area (TPSA) is 88.1 Å². The van der Waals surface area contributed by atoms with Crippen molar-refractivity contribution in [3.63, 3.8) is 0 Å². The van der Waals surface area contributed by atoms with Crippen LogP contribution in [0.4, 0.5) is 0 Å². The Balaban J connectivity index is 5.15. The molecule has 0 spiro atoms. The van der Waals surface area contributed by atoms with Crippen LogP contribution in [0.15, 0.2) is 0 Å². The standard InChI is InChI=1S/C10H19O7P/c1-5-14-9(12)10(17-8(4)11)18(13,15-6-2)16-7-3/h10H,5-7H2,1-4H3/t10-/m0/s1. The van der Waals surface area contributed by atoms with Crippen LogP contribution in [-0.2, 0) is 32.7 Å². The average molecular weight is 282 g/mol. The van der Waals surface area contributed by atoms with Crippen molar-refractivity contribution in [2.45, 2.75) is 33.5 Å². The molecule has 0 N–H and O–H groups in total. The third kappa shape index (κ3) is 5.16. The number of carbonyl (C=O) groups excluding carboxylic acids is 2. The van der Waals surface area contributed by atoms with Crippen molar-refractivity contribution in [1.82, 2.24) is 0 Å². The Labute approximate surface area is 106 Å². The Morgan fingerprint density at radius 1 is 1.06 bits per heavy atom. The molecule has 0 aromatic heterocycles. The lowest BCUT2D eigenvalue weighted by molar-refractivity contribution is -0.161. The van der Waals surface area contributed by atoms with Gasteiger partial charge in [0.2, 0.25) is 0 Å². The molecule has 0 radical (unpaired) electrons. The van der Waals surface area contributed by atoms with Gasteiger partial charge in [-0.2, -0.15) is 0 Å². The highest BCUT2D eigenvalue weighted by molar-refractivity contribution is 7.55. The molecule has 0 amide bonds. The monoisotopic (exact) mass is 282 g/mol. The SMILES string of the molecule is CCOC(=O)[C@@H](OC(C)=O)P(=O)(OCC)OCC. The number of rotatable bonds is 8. The highest BCUT2D eigenvalue weighted by atomic mass is 31.2. The van der Waals surface area contributed by atoms with Crippen molar-refractivity contribution in [3.8, 4) is 0 Å². The quantitative estimate of drug-likeness (QED) is 0.494. The number of hydrogen-bond donors (Lipinski definition) is 0. The number of esters is 2. The minimum atomic E-state index is -3.89. The molecule has 8 heteroatoms. The number of carbonyl (C=O) groups is 2. The molecule has 0 saturated carbocycles. The van der Waals surface area contributed by atoms with Crippen molar-refractivity contribution in [2.75, 3.05) is 19.8 Å². The molecular weight excluding hydrogens is 263 g/mol. The van der Waals surface area contributed by atoms with Crippen LogP contribution in [0.3, 0.4) is 0 Å². The number of hydrogen-bond acceptors (Lipinski definition) is 7. The molecule has 0 aromatic carbocycles. The lowest BCUT2D eigenvalue weighted by Gasteiger charge is -2.23. The van der Waals surface area contributed by atoms with Crippen LogP contribution in [0, 0.1) is 0 Å². The molecule has 7 nitrogen and oxygen atoms in total. The smallest absolute Gasteiger partial charge is 0.382 e. The summed E-state index contributed by atoms with van der Waals surface area (Å²) in [5, 5.41) is 0. The van der Waals surface area contributed by atoms with Crippen molar-refractivity contribution in [2.24, 2.45) is 0 Å². The second kappa shape index (κ2) is 8.24. The second-order valence-electron chi connectivity index (χ2n) is 3.09. The van der Waals surface area contributed by atoms with Crippen molar-refractivity contribution < 1.29 is 32.7 Å². The van der Waals surface area contributed by atoms with Gasteiger partial charge in [-0.3, -0.25) is 9.36 Å². The zero-order valence-electron chi connectivity index (χ0n) is 11.0. The molecule has 18 heavy (non-hydrogen) atoms. The van der Waals surface area contributed by atoms with Crippen LogP contribution < -0.4 is 0 Å². The molecule has 106 valence electrons. The molecule has 0 fully saturated rings. The highest BCUT2D eigenvalue weighted by Gasteiger charge is 2.45. The first-order valence-corrected chi connectivity index (χ1v) is 7.25. The molecule has 0 bridgehead atoms. The Bertz CT molecular complexity index is 318. The minimum Gasteiger partial charge on any atom is -0.463 e. The third-order valence-electron chi connectivity index (χ3n) is 1.67. The normalized spacial score (nSPS) is 12.9. The van der Waals surface area contributed by atoms with E-state index in [1.165, 1.54) is 0 Å². The maximum absolute atomic E-state index is 12.3. The predicted molar refractivity (Wildman–Crippen MR) is 63.0 cm³/mol. The summed E-state index contributed by atoms with van der Waals surface area (Å²) in [5.74, 6) is -3.40. The Hall–Kier alpha value is -0.910. The molecular formula is C10H19O7P. The van der Waals surface area contributed by atoms with E-state index in [2.05, 4.69) is 0 Å². The van der Waals surface area contributed by atoms with E-state index in [0.717, 1.165) is 6.92 Å². The van der Waals surface area contributed by atoms with Gasteiger partial charge in [0.15, 0.2) is 0 Å². The first-order valence-electron chi connectivity index (χ1n) is 5.63. The van der Waals surface area contributed by atoms with Crippen LogP contribution in [0.25, 0.3) is 0 Å². The zero-order chi connectivity index (χ0) is 14.2. The molecule has 0 heterocycles. The van der Waals surface area contributed by atoms with E-state index in [1.54, 1.807) is 20.8 Å². The minimum absolute atomic E-state index is 0.0500. The van der Waals surface area contributed by atoms with Gasteiger partial charge in [-0.1, -0.05) is 0 Å². The Kier molecular flexibility index (Phi) is 7.82. The van der Waals surface area contributed by atoms with Crippen molar-refractivity contribution in [1.29, 1.82) is 0 Å². The van der Waals surface area contributed by atoms with Gasteiger partial charge in [0.25, 0.3) is 5.85 Å². The lowest BCUT2D eigenvalue weighted by atomic mass is 10.7. The summed E-state index contributed by atoms with van der Waals surface area (Å²) < 4.78 is 31.7. The zero-order valence-corrected chi connectivity index (χ0v) is 11.9. The van der Waals surface area contributed by atoms with Gasteiger partial charge >= 0.3 is 19.5 Å². The fourth-order valence-electron chi connectivity index (χ4n) is 1.15. The average Bonchev–Trinajstić information content (AvgIpc) is 2.26. The molecule has 0 saturated heterocycles.